The van der Waals surface area contributed by atoms with Gasteiger partial charge in [-0.15, -0.1) is 0 Å². The van der Waals surface area contributed by atoms with Gasteiger partial charge in [0.05, 0.1) is 17.0 Å². The molecule has 0 aromatic carbocycles. The Morgan fingerprint density at radius 2 is 2.05 bits per heavy atom. The van der Waals surface area contributed by atoms with E-state index in [-0.39, 0.29) is 18.2 Å². The number of carbonyl (C=O) groups excluding carboxylic acids is 1. The first kappa shape index (κ1) is 15.0. The summed E-state index contributed by atoms with van der Waals surface area (Å²) in [6.45, 7) is 3.05. The maximum atomic E-state index is 12.0. The third kappa shape index (κ3) is 3.37. The van der Waals surface area contributed by atoms with E-state index in [0.29, 0.717) is 24.3 Å². The summed E-state index contributed by atoms with van der Waals surface area (Å²) in [7, 11) is -1.51. The predicted molar refractivity (Wildman–Crippen MR) is 74.9 cm³/mol. The quantitative estimate of drug-likeness (QED) is 0.822. The van der Waals surface area contributed by atoms with Crippen molar-refractivity contribution < 1.29 is 13.2 Å². The first-order chi connectivity index (χ1) is 9.40. The SMILES string of the molecule is Cc1nn(C)cc1C(=O)NCCS(=O)(=O)N1CCCC1. The van der Waals surface area contributed by atoms with Crippen molar-refractivity contribution in [3.8, 4) is 0 Å². The molecule has 20 heavy (non-hydrogen) atoms. The van der Waals surface area contributed by atoms with Crippen LogP contribution in [0.25, 0.3) is 0 Å². The highest BCUT2D eigenvalue weighted by molar-refractivity contribution is 7.89. The third-order valence-corrected chi connectivity index (χ3v) is 5.23. The molecule has 0 atom stereocenters. The van der Waals surface area contributed by atoms with E-state index in [4.69, 9.17) is 0 Å². The molecular formula is C12H20N4O3S. The minimum atomic E-state index is -3.24. The maximum Gasteiger partial charge on any atom is 0.254 e. The zero-order chi connectivity index (χ0) is 14.8. The molecule has 0 unspecified atom stereocenters. The van der Waals surface area contributed by atoms with Crippen LogP contribution >= 0.6 is 0 Å². The summed E-state index contributed by atoms with van der Waals surface area (Å²) in [6, 6.07) is 0. The number of aromatic nitrogens is 2. The Kier molecular flexibility index (Phi) is 4.44. The van der Waals surface area contributed by atoms with Crippen LogP contribution in [0.5, 0.6) is 0 Å². The average molecular weight is 300 g/mol. The molecule has 1 aromatic heterocycles. The molecule has 0 spiro atoms. The minimum absolute atomic E-state index is 0.0575. The Hall–Kier alpha value is -1.41. The number of carbonyl (C=O) groups is 1. The van der Waals surface area contributed by atoms with Gasteiger partial charge >= 0.3 is 0 Å². The second kappa shape index (κ2) is 5.92. The molecule has 1 N–H and O–H groups in total. The Morgan fingerprint density at radius 1 is 1.40 bits per heavy atom. The molecule has 1 aliphatic heterocycles. The number of aryl methyl sites for hydroxylation is 2. The van der Waals surface area contributed by atoms with E-state index in [0.717, 1.165) is 12.8 Å². The van der Waals surface area contributed by atoms with Gasteiger partial charge in [-0.1, -0.05) is 0 Å². The molecule has 1 aliphatic rings. The highest BCUT2D eigenvalue weighted by Gasteiger charge is 2.25. The van der Waals surface area contributed by atoms with Crippen molar-refractivity contribution in [1.29, 1.82) is 0 Å². The van der Waals surface area contributed by atoms with Crippen LogP contribution in [0.1, 0.15) is 28.9 Å². The second-order valence-corrected chi connectivity index (χ2v) is 7.07. The number of nitrogens with one attached hydrogen (secondary N) is 1. The van der Waals surface area contributed by atoms with Crippen LogP contribution in [0, 0.1) is 6.92 Å². The molecule has 2 heterocycles. The van der Waals surface area contributed by atoms with E-state index >= 15 is 0 Å². The first-order valence-corrected chi connectivity index (χ1v) is 8.27. The molecule has 0 saturated carbocycles. The lowest BCUT2D eigenvalue weighted by Gasteiger charge is -2.15. The van der Waals surface area contributed by atoms with Gasteiger partial charge in [-0.05, 0) is 19.8 Å². The first-order valence-electron chi connectivity index (χ1n) is 6.66. The molecular weight excluding hydrogens is 280 g/mol. The van der Waals surface area contributed by atoms with Crippen LogP contribution in [-0.2, 0) is 17.1 Å². The highest BCUT2D eigenvalue weighted by Crippen LogP contribution is 2.12. The minimum Gasteiger partial charge on any atom is -0.351 e. The number of nitrogens with zero attached hydrogens (tertiary/aromatic N) is 3. The summed E-state index contributed by atoms with van der Waals surface area (Å²) < 4.78 is 27.0. The Morgan fingerprint density at radius 3 is 2.60 bits per heavy atom. The average Bonchev–Trinajstić information content (AvgIpc) is 2.98. The van der Waals surface area contributed by atoms with Crippen molar-refractivity contribution in [2.75, 3.05) is 25.4 Å². The molecule has 1 fully saturated rings. The van der Waals surface area contributed by atoms with Crippen LogP contribution in [0.4, 0.5) is 0 Å². The van der Waals surface area contributed by atoms with Crippen molar-refractivity contribution in [3.63, 3.8) is 0 Å². The summed E-state index contributed by atoms with van der Waals surface area (Å²) in [5, 5.41) is 6.72. The fourth-order valence-electron chi connectivity index (χ4n) is 2.31. The van der Waals surface area contributed by atoms with Gasteiger partial charge in [-0.25, -0.2) is 12.7 Å². The van der Waals surface area contributed by atoms with E-state index in [1.807, 2.05) is 0 Å². The molecule has 1 saturated heterocycles. The van der Waals surface area contributed by atoms with E-state index in [1.54, 1.807) is 24.9 Å². The van der Waals surface area contributed by atoms with Gasteiger partial charge in [0.15, 0.2) is 0 Å². The summed E-state index contributed by atoms with van der Waals surface area (Å²) >= 11 is 0. The van der Waals surface area contributed by atoms with Crippen LogP contribution in [0.3, 0.4) is 0 Å². The number of amides is 1. The predicted octanol–water partition coefficient (Wildman–Crippen LogP) is -0.116. The second-order valence-electron chi connectivity index (χ2n) is 4.98. The van der Waals surface area contributed by atoms with Gasteiger partial charge in [-0.3, -0.25) is 9.48 Å². The fraction of sp³-hybridized carbons (Fsp3) is 0.667. The molecule has 112 valence electrons. The molecule has 0 aliphatic carbocycles. The Bertz CT molecular complexity index is 588. The smallest absolute Gasteiger partial charge is 0.254 e. The molecule has 7 nitrogen and oxygen atoms in total. The molecule has 0 bridgehead atoms. The molecule has 2 rings (SSSR count). The summed E-state index contributed by atoms with van der Waals surface area (Å²) in [5.41, 5.74) is 1.11. The zero-order valence-corrected chi connectivity index (χ0v) is 12.6. The molecule has 0 radical (unpaired) electrons. The molecule has 1 aromatic rings. The lowest BCUT2D eigenvalue weighted by atomic mass is 10.2. The van der Waals surface area contributed by atoms with Crippen molar-refractivity contribution in [3.05, 3.63) is 17.5 Å². The Balaban J connectivity index is 1.86. The zero-order valence-electron chi connectivity index (χ0n) is 11.8. The van der Waals surface area contributed by atoms with Gasteiger partial charge in [0.25, 0.3) is 5.91 Å². The van der Waals surface area contributed by atoms with Gasteiger partial charge in [0.1, 0.15) is 0 Å². The molecule has 8 heteroatoms. The number of hydrogen-bond acceptors (Lipinski definition) is 4. The van der Waals surface area contributed by atoms with E-state index in [9.17, 15) is 13.2 Å². The van der Waals surface area contributed by atoms with Crippen molar-refractivity contribution >= 4 is 15.9 Å². The number of sulfonamides is 1. The topological polar surface area (TPSA) is 84.3 Å². The van der Waals surface area contributed by atoms with Crippen molar-refractivity contribution in [1.82, 2.24) is 19.4 Å². The van der Waals surface area contributed by atoms with E-state index in [1.165, 1.54) is 4.31 Å². The summed E-state index contributed by atoms with van der Waals surface area (Å²) in [6.07, 6.45) is 3.46. The highest BCUT2D eigenvalue weighted by atomic mass is 32.2. The van der Waals surface area contributed by atoms with Crippen LogP contribution in [0.2, 0.25) is 0 Å². The van der Waals surface area contributed by atoms with Crippen molar-refractivity contribution in [2.24, 2.45) is 7.05 Å². The van der Waals surface area contributed by atoms with E-state index < -0.39 is 10.0 Å². The third-order valence-electron chi connectivity index (χ3n) is 3.36. The van der Waals surface area contributed by atoms with Crippen LogP contribution in [-0.4, -0.2) is 53.8 Å². The lowest BCUT2D eigenvalue weighted by Crippen LogP contribution is -2.36. The van der Waals surface area contributed by atoms with Gasteiger partial charge in [0.2, 0.25) is 10.0 Å². The summed E-state index contributed by atoms with van der Waals surface area (Å²) in [5.74, 6) is -0.342. The van der Waals surface area contributed by atoms with Crippen LogP contribution < -0.4 is 5.32 Å². The lowest BCUT2D eigenvalue weighted by molar-refractivity contribution is 0.0955. The number of hydrogen-bond donors (Lipinski definition) is 1. The standard InChI is InChI=1S/C12H20N4O3S/c1-10-11(9-15(2)14-10)12(17)13-5-8-20(18,19)16-6-3-4-7-16/h9H,3-8H2,1-2H3,(H,13,17). The largest absolute Gasteiger partial charge is 0.351 e. The van der Waals surface area contributed by atoms with E-state index in [2.05, 4.69) is 10.4 Å². The Labute approximate surface area is 119 Å². The van der Waals surface area contributed by atoms with Crippen molar-refractivity contribution in [2.45, 2.75) is 19.8 Å². The van der Waals surface area contributed by atoms with Gasteiger partial charge in [-0.2, -0.15) is 5.10 Å². The summed E-state index contributed by atoms with van der Waals surface area (Å²) in [4.78, 5) is 11.9. The van der Waals surface area contributed by atoms with Gasteiger partial charge in [0, 0.05) is 32.9 Å². The van der Waals surface area contributed by atoms with Gasteiger partial charge < -0.3 is 5.32 Å². The number of rotatable bonds is 5. The van der Waals surface area contributed by atoms with Crippen LogP contribution in [0.15, 0.2) is 6.20 Å². The maximum absolute atomic E-state index is 12.0. The fourth-order valence-corrected chi connectivity index (χ4v) is 3.74. The molecule has 1 amide bonds. The normalized spacial score (nSPS) is 16.5. The monoisotopic (exact) mass is 300 g/mol.